The number of likely N-dealkylation sites (N-methyl/N-ethyl adjacent to an activating group) is 1. The van der Waals surface area contributed by atoms with Gasteiger partial charge < -0.3 is 29.7 Å². The van der Waals surface area contributed by atoms with Crippen molar-refractivity contribution in [3.63, 3.8) is 0 Å². The second-order valence-corrected chi connectivity index (χ2v) is 5.50. The Labute approximate surface area is 126 Å². The molecule has 0 aromatic rings. The van der Waals surface area contributed by atoms with Crippen molar-refractivity contribution in [3.05, 3.63) is 0 Å². The lowest BCUT2D eigenvalue weighted by Gasteiger charge is -2.29. The number of carbonyl (C=O) groups excluding carboxylic acids is 1. The van der Waals surface area contributed by atoms with Gasteiger partial charge in [-0.05, 0) is 13.1 Å². The van der Waals surface area contributed by atoms with Crippen LogP contribution >= 0.6 is 0 Å². The third-order valence-corrected chi connectivity index (χ3v) is 4.22. The number of morpholine rings is 1. The highest BCUT2D eigenvalue weighted by molar-refractivity contribution is 5.74. The highest BCUT2D eigenvalue weighted by Crippen LogP contribution is 2.16. The summed E-state index contributed by atoms with van der Waals surface area (Å²) in [4.78, 5) is 16.0. The van der Waals surface area contributed by atoms with Gasteiger partial charge in [0.05, 0.1) is 32.0 Å². The Morgan fingerprint density at radius 2 is 2.00 bits per heavy atom. The normalized spacial score (nSPS) is 29.9. The van der Waals surface area contributed by atoms with E-state index in [0.717, 1.165) is 13.1 Å². The molecule has 0 aliphatic carbocycles. The summed E-state index contributed by atoms with van der Waals surface area (Å²) in [5, 5.41) is 13.2. The number of nitrogens with one attached hydrogen (secondary N) is 1. The predicted molar refractivity (Wildman–Crippen MR) is 78.2 cm³/mol. The molecule has 3 atom stereocenters. The summed E-state index contributed by atoms with van der Waals surface area (Å²) in [6, 6.07) is -0.477. The van der Waals surface area contributed by atoms with Crippen LogP contribution in [0.5, 0.6) is 0 Å². The molecule has 2 saturated heterocycles. The summed E-state index contributed by atoms with van der Waals surface area (Å²) >= 11 is 0. The van der Waals surface area contributed by atoms with Crippen LogP contribution in [0.3, 0.4) is 0 Å². The van der Waals surface area contributed by atoms with E-state index >= 15 is 0 Å². The molecule has 2 aliphatic heterocycles. The van der Waals surface area contributed by atoms with Gasteiger partial charge in [0.25, 0.3) is 0 Å². The first kappa shape index (κ1) is 16.5. The van der Waals surface area contributed by atoms with Gasteiger partial charge in [0.15, 0.2) is 0 Å². The molecule has 0 aromatic carbocycles. The van der Waals surface area contributed by atoms with Crippen LogP contribution in [-0.4, -0.2) is 91.7 Å². The number of hydrogen-bond donors (Lipinski definition) is 2. The van der Waals surface area contributed by atoms with Crippen molar-refractivity contribution in [3.8, 4) is 0 Å². The first-order chi connectivity index (χ1) is 10.2. The molecule has 0 spiro atoms. The van der Waals surface area contributed by atoms with Crippen molar-refractivity contribution in [2.75, 3.05) is 52.5 Å². The molecule has 0 aromatic heterocycles. The number of urea groups is 1. The quantitative estimate of drug-likeness (QED) is 0.716. The van der Waals surface area contributed by atoms with Crippen LogP contribution in [0.25, 0.3) is 0 Å². The maximum Gasteiger partial charge on any atom is 0.317 e. The molecule has 0 unspecified atom stereocenters. The molecule has 0 radical (unpaired) electrons. The molecule has 2 N–H and O–H groups in total. The van der Waals surface area contributed by atoms with Gasteiger partial charge in [-0.15, -0.1) is 0 Å². The Bertz CT molecular complexity index is 332. The van der Waals surface area contributed by atoms with Crippen LogP contribution in [-0.2, 0) is 9.47 Å². The fourth-order valence-corrected chi connectivity index (χ4v) is 2.72. The Balaban J connectivity index is 1.80. The summed E-state index contributed by atoms with van der Waals surface area (Å²) in [5.41, 5.74) is 0. The van der Waals surface area contributed by atoms with Crippen LogP contribution in [0.15, 0.2) is 0 Å². The van der Waals surface area contributed by atoms with Crippen molar-refractivity contribution in [2.45, 2.75) is 32.1 Å². The van der Waals surface area contributed by atoms with E-state index in [1.54, 1.807) is 4.90 Å². The van der Waals surface area contributed by atoms with Gasteiger partial charge in [0.1, 0.15) is 6.10 Å². The largest absolute Gasteiger partial charge is 0.388 e. The molecule has 2 amide bonds. The van der Waals surface area contributed by atoms with Gasteiger partial charge in [-0.1, -0.05) is 13.8 Å². The molecule has 2 fully saturated rings. The highest BCUT2D eigenvalue weighted by atomic mass is 16.5. The van der Waals surface area contributed by atoms with E-state index in [-0.39, 0.29) is 18.2 Å². The monoisotopic (exact) mass is 301 g/mol. The van der Waals surface area contributed by atoms with E-state index < -0.39 is 6.10 Å². The maximum absolute atomic E-state index is 12.1. The minimum Gasteiger partial charge on any atom is -0.388 e. The van der Waals surface area contributed by atoms with Crippen LogP contribution in [0.1, 0.15) is 13.8 Å². The minimum absolute atomic E-state index is 0.144. The zero-order valence-electron chi connectivity index (χ0n) is 13.0. The van der Waals surface area contributed by atoms with Crippen LogP contribution in [0.2, 0.25) is 0 Å². The summed E-state index contributed by atoms with van der Waals surface area (Å²) in [5.74, 6) is 0. The first-order valence-electron chi connectivity index (χ1n) is 7.80. The number of aliphatic hydroxyl groups excluding tert-OH is 1. The number of carbonyl (C=O) groups is 1. The minimum atomic E-state index is -0.657. The van der Waals surface area contributed by atoms with E-state index in [0.29, 0.717) is 39.5 Å². The van der Waals surface area contributed by atoms with Gasteiger partial charge in [-0.25, -0.2) is 4.79 Å². The molecular formula is C14H27N3O4. The Hall–Kier alpha value is -0.890. The Kier molecular flexibility index (Phi) is 6.22. The van der Waals surface area contributed by atoms with Crippen molar-refractivity contribution < 1.29 is 19.4 Å². The number of nitrogens with zero attached hydrogens (tertiary/aromatic N) is 2. The van der Waals surface area contributed by atoms with Crippen molar-refractivity contribution in [1.29, 1.82) is 0 Å². The van der Waals surface area contributed by atoms with E-state index in [9.17, 15) is 9.90 Å². The zero-order valence-corrected chi connectivity index (χ0v) is 13.0. The third kappa shape index (κ3) is 4.29. The number of hydrogen-bond acceptors (Lipinski definition) is 5. The average molecular weight is 301 g/mol. The third-order valence-electron chi connectivity index (χ3n) is 4.22. The maximum atomic E-state index is 12.1. The van der Waals surface area contributed by atoms with Crippen molar-refractivity contribution >= 4 is 6.03 Å². The lowest BCUT2D eigenvalue weighted by atomic mass is 10.1. The predicted octanol–water partition coefficient (Wildman–Crippen LogP) is -0.502. The molecular weight excluding hydrogens is 274 g/mol. The average Bonchev–Trinajstić information content (AvgIpc) is 2.86. The van der Waals surface area contributed by atoms with Crippen LogP contribution < -0.4 is 5.32 Å². The second-order valence-electron chi connectivity index (χ2n) is 5.50. The lowest BCUT2D eigenvalue weighted by Crippen LogP contribution is -2.53. The molecule has 0 saturated carbocycles. The molecule has 2 rings (SSSR count). The summed E-state index contributed by atoms with van der Waals surface area (Å²) in [7, 11) is 0. The smallest absolute Gasteiger partial charge is 0.317 e. The fraction of sp³-hybridized carbons (Fsp3) is 0.929. The van der Waals surface area contributed by atoms with Gasteiger partial charge in [0.2, 0.25) is 0 Å². The number of ether oxygens (including phenoxy) is 2. The van der Waals surface area contributed by atoms with Gasteiger partial charge in [-0.3, -0.25) is 0 Å². The number of amides is 2. The summed E-state index contributed by atoms with van der Waals surface area (Å²) in [6.07, 6.45) is -0.893. The van der Waals surface area contributed by atoms with E-state index in [1.165, 1.54) is 0 Å². The highest BCUT2D eigenvalue weighted by Gasteiger charge is 2.38. The topological polar surface area (TPSA) is 74.3 Å². The second kappa shape index (κ2) is 7.93. The van der Waals surface area contributed by atoms with Crippen LogP contribution in [0, 0.1) is 0 Å². The standard InChI is InChI=1S/C14H27N3O4/c1-3-16(4-2)9-12-13(18)11(10-21-12)15-14(19)17-5-7-20-8-6-17/h11-13,18H,3-10H2,1-2H3,(H,15,19)/t11-,12+,13-/m1/s1. The lowest BCUT2D eigenvalue weighted by molar-refractivity contribution is 0.0169. The van der Waals surface area contributed by atoms with E-state index in [1.807, 2.05) is 0 Å². The Morgan fingerprint density at radius 1 is 1.33 bits per heavy atom. The van der Waals surface area contributed by atoms with Gasteiger partial charge in [0, 0.05) is 19.6 Å². The summed E-state index contributed by atoms with van der Waals surface area (Å²) in [6.45, 7) is 9.41. The molecule has 2 aliphatic rings. The molecule has 21 heavy (non-hydrogen) atoms. The summed E-state index contributed by atoms with van der Waals surface area (Å²) < 4.78 is 10.9. The molecule has 122 valence electrons. The number of rotatable bonds is 5. The van der Waals surface area contributed by atoms with Gasteiger partial charge in [-0.2, -0.15) is 0 Å². The zero-order chi connectivity index (χ0) is 15.2. The SMILES string of the molecule is CCN(CC)C[C@@H]1OC[C@@H](NC(=O)N2CCOCC2)[C@H]1O. The van der Waals surface area contributed by atoms with Crippen LogP contribution in [0.4, 0.5) is 4.79 Å². The molecule has 7 nitrogen and oxygen atoms in total. The van der Waals surface area contributed by atoms with Crippen molar-refractivity contribution in [2.24, 2.45) is 0 Å². The fourth-order valence-electron chi connectivity index (χ4n) is 2.72. The van der Waals surface area contributed by atoms with E-state index in [4.69, 9.17) is 9.47 Å². The van der Waals surface area contributed by atoms with E-state index in [2.05, 4.69) is 24.1 Å². The number of aliphatic hydroxyl groups is 1. The first-order valence-corrected chi connectivity index (χ1v) is 7.80. The Morgan fingerprint density at radius 3 is 2.62 bits per heavy atom. The molecule has 0 bridgehead atoms. The molecule has 7 heteroatoms. The molecule has 2 heterocycles. The van der Waals surface area contributed by atoms with Gasteiger partial charge >= 0.3 is 6.03 Å². The van der Waals surface area contributed by atoms with Crippen molar-refractivity contribution in [1.82, 2.24) is 15.1 Å².